The van der Waals surface area contributed by atoms with E-state index < -0.39 is 6.04 Å². The van der Waals surface area contributed by atoms with Crippen LogP contribution in [0.3, 0.4) is 0 Å². The molecule has 1 aromatic heterocycles. The lowest BCUT2D eigenvalue weighted by Crippen LogP contribution is -2.45. The van der Waals surface area contributed by atoms with Gasteiger partial charge in [-0.05, 0) is 41.5 Å². The zero-order chi connectivity index (χ0) is 24.8. The van der Waals surface area contributed by atoms with Gasteiger partial charge in [0.1, 0.15) is 0 Å². The maximum atomic E-state index is 13.6. The third-order valence-electron chi connectivity index (χ3n) is 7.17. The number of imide groups is 1. The maximum Gasteiger partial charge on any atom is 0.251 e. The molecule has 0 unspecified atom stereocenters. The number of nitrogens with one attached hydrogen (secondary N) is 2. The van der Waals surface area contributed by atoms with E-state index in [1.165, 1.54) is 28.3 Å². The molecule has 7 nitrogen and oxygen atoms in total. The molecule has 180 valence electrons. The number of anilines is 2. The van der Waals surface area contributed by atoms with E-state index in [0.29, 0.717) is 24.5 Å². The molecule has 1 saturated heterocycles. The van der Waals surface area contributed by atoms with E-state index in [9.17, 15) is 14.4 Å². The van der Waals surface area contributed by atoms with Crippen LogP contribution in [0.4, 0.5) is 11.4 Å². The Morgan fingerprint density at radius 2 is 1.67 bits per heavy atom. The predicted octanol–water partition coefficient (Wildman–Crippen LogP) is 4.41. The van der Waals surface area contributed by atoms with E-state index in [2.05, 4.69) is 45.5 Å². The molecule has 3 amide bonds. The SMILES string of the molecule is CC(=O)Nc1ccc(N2C(=O)C[C@@H](N3Cc4[nH]c5ccccc5c4[C@@H](c4ccccc4)C3)C2=O)cc1. The maximum absolute atomic E-state index is 13.6. The normalized spacial score (nSPS) is 20.1. The van der Waals surface area contributed by atoms with Crippen molar-refractivity contribution in [3.8, 4) is 0 Å². The van der Waals surface area contributed by atoms with E-state index in [1.54, 1.807) is 24.3 Å². The van der Waals surface area contributed by atoms with Crippen LogP contribution in [0.2, 0.25) is 0 Å². The van der Waals surface area contributed by atoms with Crippen LogP contribution in [0.5, 0.6) is 0 Å². The summed E-state index contributed by atoms with van der Waals surface area (Å²) in [4.78, 5) is 44.9. The van der Waals surface area contributed by atoms with Crippen LogP contribution in [0, 0.1) is 0 Å². The van der Waals surface area contributed by atoms with E-state index in [4.69, 9.17) is 0 Å². The van der Waals surface area contributed by atoms with Crippen molar-refractivity contribution in [3.05, 3.63) is 95.7 Å². The number of aromatic nitrogens is 1. The third kappa shape index (κ3) is 3.78. The van der Waals surface area contributed by atoms with Gasteiger partial charge in [0.25, 0.3) is 5.91 Å². The zero-order valence-corrected chi connectivity index (χ0v) is 19.9. The minimum atomic E-state index is -0.529. The van der Waals surface area contributed by atoms with Crippen LogP contribution in [0.1, 0.15) is 36.1 Å². The van der Waals surface area contributed by atoms with Gasteiger partial charge in [-0.1, -0.05) is 48.5 Å². The Bertz CT molecular complexity index is 1480. The number of aromatic amines is 1. The number of H-pyrrole nitrogens is 1. The quantitative estimate of drug-likeness (QED) is 0.426. The van der Waals surface area contributed by atoms with Crippen LogP contribution < -0.4 is 10.2 Å². The second-order valence-corrected chi connectivity index (χ2v) is 9.47. The molecule has 6 rings (SSSR count). The number of benzene rings is 3. The monoisotopic (exact) mass is 478 g/mol. The van der Waals surface area contributed by atoms with Gasteiger partial charge in [-0.3, -0.25) is 19.3 Å². The predicted molar refractivity (Wildman–Crippen MR) is 139 cm³/mol. The lowest BCUT2D eigenvalue weighted by molar-refractivity contribution is -0.123. The first kappa shape index (κ1) is 22.2. The summed E-state index contributed by atoms with van der Waals surface area (Å²) in [5, 5.41) is 3.91. The molecule has 36 heavy (non-hydrogen) atoms. The molecule has 2 atom stereocenters. The summed E-state index contributed by atoms with van der Waals surface area (Å²) in [6.45, 7) is 2.66. The Morgan fingerprint density at radius 3 is 2.42 bits per heavy atom. The van der Waals surface area contributed by atoms with Crippen molar-refractivity contribution in [2.75, 3.05) is 16.8 Å². The molecular weight excluding hydrogens is 452 g/mol. The van der Waals surface area contributed by atoms with Crippen LogP contribution in [0.15, 0.2) is 78.9 Å². The lowest BCUT2D eigenvalue weighted by atomic mass is 9.85. The van der Waals surface area contributed by atoms with Crippen molar-refractivity contribution in [3.63, 3.8) is 0 Å². The van der Waals surface area contributed by atoms with E-state index in [1.807, 2.05) is 24.3 Å². The van der Waals surface area contributed by atoms with Crippen LogP contribution in [0.25, 0.3) is 10.9 Å². The van der Waals surface area contributed by atoms with Crippen molar-refractivity contribution in [1.29, 1.82) is 0 Å². The summed E-state index contributed by atoms with van der Waals surface area (Å²) in [6.07, 6.45) is 0.142. The highest BCUT2D eigenvalue weighted by molar-refractivity contribution is 6.22. The lowest BCUT2D eigenvalue weighted by Gasteiger charge is -2.36. The van der Waals surface area contributed by atoms with Crippen molar-refractivity contribution >= 4 is 40.0 Å². The molecule has 1 fully saturated rings. The minimum Gasteiger partial charge on any atom is -0.357 e. The number of carbonyl (C=O) groups is 3. The molecule has 2 aliphatic heterocycles. The van der Waals surface area contributed by atoms with Gasteiger partial charge < -0.3 is 10.3 Å². The van der Waals surface area contributed by atoms with Gasteiger partial charge in [0.05, 0.1) is 18.2 Å². The molecule has 0 bridgehead atoms. The summed E-state index contributed by atoms with van der Waals surface area (Å²) < 4.78 is 0. The number of hydrogen-bond acceptors (Lipinski definition) is 4. The summed E-state index contributed by atoms with van der Waals surface area (Å²) in [5.41, 5.74) is 5.78. The van der Waals surface area contributed by atoms with Crippen LogP contribution in [-0.2, 0) is 20.9 Å². The molecular formula is C29H26N4O3. The molecule has 2 aliphatic rings. The Balaban J connectivity index is 1.33. The Kier molecular flexibility index (Phi) is 5.42. The Morgan fingerprint density at radius 1 is 0.944 bits per heavy atom. The smallest absolute Gasteiger partial charge is 0.251 e. The Hall–Kier alpha value is -4.23. The number of carbonyl (C=O) groups excluding carboxylic acids is 3. The first-order chi connectivity index (χ1) is 17.5. The highest BCUT2D eigenvalue weighted by Crippen LogP contribution is 2.40. The fourth-order valence-corrected chi connectivity index (χ4v) is 5.60. The van der Waals surface area contributed by atoms with E-state index in [0.717, 1.165) is 11.2 Å². The molecule has 0 saturated carbocycles. The number of rotatable bonds is 4. The fourth-order valence-electron chi connectivity index (χ4n) is 5.60. The highest BCUT2D eigenvalue weighted by atomic mass is 16.2. The standard InChI is InChI=1S/C29H26N4O3/c1-18(34)30-20-11-13-21(14-12-20)33-27(35)15-26(29(33)36)32-16-23(19-7-3-2-4-8-19)28-22-9-5-6-10-24(22)31-25(28)17-32/h2-14,23,26,31H,15-17H2,1H3,(H,30,34)/t23-,26-/m1/s1. The summed E-state index contributed by atoms with van der Waals surface area (Å²) in [7, 11) is 0. The minimum absolute atomic E-state index is 0.0833. The number of nitrogens with zero attached hydrogens (tertiary/aromatic N) is 2. The second-order valence-electron chi connectivity index (χ2n) is 9.47. The van der Waals surface area contributed by atoms with Gasteiger partial charge in [-0.25, -0.2) is 4.90 Å². The second kappa shape index (κ2) is 8.77. The zero-order valence-electron chi connectivity index (χ0n) is 19.9. The molecule has 0 spiro atoms. The van der Waals surface area contributed by atoms with Crippen molar-refractivity contribution < 1.29 is 14.4 Å². The van der Waals surface area contributed by atoms with Crippen LogP contribution >= 0.6 is 0 Å². The molecule has 2 N–H and O–H groups in total. The van der Waals surface area contributed by atoms with Crippen molar-refractivity contribution in [2.45, 2.75) is 31.8 Å². The molecule has 3 heterocycles. The number of para-hydroxylation sites is 1. The van der Waals surface area contributed by atoms with Gasteiger partial charge >= 0.3 is 0 Å². The van der Waals surface area contributed by atoms with Crippen molar-refractivity contribution in [1.82, 2.24) is 9.88 Å². The van der Waals surface area contributed by atoms with Gasteiger partial charge in [0.15, 0.2) is 0 Å². The van der Waals surface area contributed by atoms with E-state index >= 15 is 0 Å². The van der Waals surface area contributed by atoms with Gasteiger partial charge in [0.2, 0.25) is 11.8 Å². The molecule has 3 aromatic carbocycles. The average Bonchev–Trinajstić information content (AvgIpc) is 3.40. The van der Waals surface area contributed by atoms with E-state index in [-0.39, 0.29) is 30.1 Å². The van der Waals surface area contributed by atoms with Gasteiger partial charge in [-0.15, -0.1) is 0 Å². The summed E-state index contributed by atoms with van der Waals surface area (Å²) in [5.74, 6) is -0.514. The highest BCUT2D eigenvalue weighted by Gasteiger charge is 2.45. The third-order valence-corrected chi connectivity index (χ3v) is 7.17. The topological polar surface area (TPSA) is 85.5 Å². The number of hydrogen-bond donors (Lipinski definition) is 2. The summed E-state index contributed by atoms with van der Waals surface area (Å²) >= 11 is 0. The largest absolute Gasteiger partial charge is 0.357 e. The first-order valence-corrected chi connectivity index (χ1v) is 12.1. The molecule has 7 heteroatoms. The fraction of sp³-hybridized carbons (Fsp3) is 0.207. The molecule has 4 aromatic rings. The van der Waals surface area contributed by atoms with Crippen molar-refractivity contribution in [2.24, 2.45) is 0 Å². The van der Waals surface area contributed by atoms with Gasteiger partial charge in [0, 0.05) is 48.2 Å². The average molecular weight is 479 g/mol. The Labute approximate surface area is 208 Å². The first-order valence-electron chi connectivity index (χ1n) is 12.1. The molecule has 0 radical (unpaired) electrons. The molecule has 0 aliphatic carbocycles. The number of amides is 3. The number of fused-ring (bicyclic) bond motifs is 3. The van der Waals surface area contributed by atoms with Crippen LogP contribution in [-0.4, -0.2) is 40.2 Å². The summed E-state index contributed by atoms with van der Waals surface area (Å²) in [6, 6.07) is 24.9. The van der Waals surface area contributed by atoms with Gasteiger partial charge in [-0.2, -0.15) is 0 Å².